The zero-order valence-electron chi connectivity index (χ0n) is 9.40. The van der Waals surface area contributed by atoms with Gasteiger partial charge in [0.2, 0.25) is 0 Å². The lowest BCUT2D eigenvalue weighted by molar-refractivity contribution is -0.146. The largest absolute Gasteiger partial charge is 0.497 e. The van der Waals surface area contributed by atoms with Crippen LogP contribution < -0.4 is 4.74 Å². The van der Waals surface area contributed by atoms with E-state index < -0.39 is 0 Å². The Labute approximate surface area is 100 Å². The predicted molar refractivity (Wildman–Crippen MR) is 62.8 cm³/mol. The SMILES string of the molecule is COc1ccc([C@H](CCCl)OC(C)=O)cc1. The highest BCUT2D eigenvalue weighted by Crippen LogP contribution is 2.24. The number of benzene rings is 1. The average Bonchev–Trinajstić information content (AvgIpc) is 2.28. The highest BCUT2D eigenvalue weighted by molar-refractivity contribution is 6.17. The molecule has 3 nitrogen and oxygen atoms in total. The van der Waals surface area contributed by atoms with Gasteiger partial charge in [0.05, 0.1) is 7.11 Å². The minimum Gasteiger partial charge on any atom is -0.497 e. The summed E-state index contributed by atoms with van der Waals surface area (Å²) in [5, 5.41) is 0. The van der Waals surface area contributed by atoms with Crippen molar-refractivity contribution < 1.29 is 14.3 Å². The molecule has 0 aliphatic heterocycles. The first-order valence-electron chi connectivity index (χ1n) is 5.04. The number of rotatable bonds is 5. The van der Waals surface area contributed by atoms with Gasteiger partial charge in [-0.1, -0.05) is 12.1 Å². The molecule has 1 rings (SSSR count). The maximum absolute atomic E-state index is 10.9. The molecule has 0 aliphatic rings. The molecule has 1 aromatic rings. The standard InChI is InChI=1S/C12H15ClO3/c1-9(14)16-12(7-8-13)10-3-5-11(15-2)6-4-10/h3-6,12H,7-8H2,1-2H3/t12-/m0/s1. The van der Waals surface area contributed by atoms with Crippen LogP contribution in [0.15, 0.2) is 24.3 Å². The van der Waals surface area contributed by atoms with Crippen LogP contribution in [0.1, 0.15) is 25.0 Å². The fourth-order valence-electron chi connectivity index (χ4n) is 1.41. The lowest BCUT2D eigenvalue weighted by Crippen LogP contribution is -2.09. The van der Waals surface area contributed by atoms with Crippen molar-refractivity contribution in [3.8, 4) is 5.75 Å². The van der Waals surface area contributed by atoms with Crippen molar-refractivity contribution in [1.29, 1.82) is 0 Å². The van der Waals surface area contributed by atoms with E-state index in [0.717, 1.165) is 11.3 Å². The van der Waals surface area contributed by atoms with Gasteiger partial charge < -0.3 is 9.47 Å². The van der Waals surface area contributed by atoms with Gasteiger partial charge in [-0.3, -0.25) is 4.79 Å². The van der Waals surface area contributed by atoms with Crippen molar-refractivity contribution in [2.75, 3.05) is 13.0 Å². The van der Waals surface area contributed by atoms with Crippen LogP contribution in [0.25, 0.3) is 0 Å². The van der Waals surface area contributed by atoms with Gasteiger partial charge in [0.25, 0.3) is 0 Å². The first-order chi connectivity index (χ1) is 7.67. The molecule has 0 heterocycles. The van der Waals surface area contributed by atoms with E-state index in [1.807, 2.05) is 24.3 Å². The predicted octanol–water partition coefficient (Wildman–Crippen LogP) is 2.93. The highest BCUT2D eigenvalue weighted by atomic mass is 35.5. The Balaban J connectivity index is 2.79. The number of hydrogen-bond donors (Lipinski definition) is 0. The summed E-state index contributed by atoms with van der Waals surface area (Å²) in [5.74, 6) is 0.923. The van der Waals surface area contributed by atoms with Gasteiger partial charge in [0.1, 0.15) is 11.9 Å². The van der Waals surface area contributed by atoms with Crippen molar-refractivity contribution >= 4 is 17.6 Å². The minimum atomic E-state index is -0.300. The third-order valence-electron chi connectivity index (χ3n) is 2.17. The molecule has 4 heteroatoms. The lowest BCUT2D eigenvalue weighted by Gasteiger charge is -2.16. The number of ether oxygens (including phenoxy) is 2. The smallest absolute Gasteiger partial charge is 0.303 e. The number of methoxy groups -OCH3 is 1. The Bertz CT molecular complexity index is 335. The van der Waals surface area contributed by atoms with Crippen molar-refractivity contribution in [3.63, 3.8) is 0 Å². The maximum atomic E-state index is 10.9. The lowest BCUT2D eigenvalue weighted by atomic mass is 10.1. The van der Waals surface area contributed by atoms with E-state index in [0.29, 0.717) is 12.3 Å². The zero-order chi connectivity index (χ0) is 12.0. The molecule has 0 bridgehead atoms. The number of carbonyl (C=O) groups excluding carboxylic acids is 1. The molecule has 88 valence electrons. The van der Waals surface area contributed by atoms with E-state index in [2.05, 4.69) is 0 Å². The van der Waals surface area contributed by atoms with Gasteiger partial charge in [-0.2, -0.15) is 0 Å². The number of halogens is 1. The molecular formula is C12H15ClO3. The van der Waals surface area contributed by atoms with Gasteiger partial charge in [-0.05, 0) is 17.7 Å². The van der Waals surface area contributed by atoms with Crippen LogP contribution >= 0.6 is 11.6 Å². The van der Waals surface area contributed by atoms with Gasteiger partial charge >= 0.3 is 5.97 Å². The molecule has 0 aromatic heterocycles. The molecule has 0 amide bonds. The summed E-state index contributed by atoms with van der Waals surface area (Å²) in [7, 11) is 1.61. The number of alkyl halides is 1. The molecule has 0 N–H and O–H groups in total. The number of hydrogen-bond acceptors (Lipinski definition) is 3. The molecule has 1 atom stereocenters. The quantitative estimate of drug-likeness (QED) is 0.588. The van der Waals surface area contributed by atoms with E-state index in [1.165, 1.54) is 6.92 Å². The van der Waals surface area contributed by atoms with Crippen LogP contribution in [-0.2, 0) is 9.53 Å². The third-order valence-corrected chi connectivity index (χ3v) is 2.39. The Morgan fingerprint density at radius 1 is 1.38 bits per heavy atom. The van der Waals surface area contributed by atoms with E-state index in [9.17, 15) is 4.79 Å². The zero-order valence-corrected chi connectivity index (χ0v) is 10.2. The molecule has 16 heavy (non-hydrogen) atoms. The summed E-state index contributed by atoms with van der Waals surface area (Å²) < 4.78 is 10.2. The van der Waals surface area contributed by atoms with Crippen LogP contribution in [0.3, 0.4) is 0 Å². The number of esters is 1. The topological polar surface area (TPSA) is 35.5 Å². The Morgan fingerprint density at radius 3 is 2.44 bits per heavy atom. The molecular weight excluding hydrogens is 228 g/mol. The average molecular weight is 243 g/mol. The first kappa shape index (κ1) is 12.8. The Hall–Kier alpha value is -1.22. The normalized spacial score (nSPS) is 11.9. The van der Waals surface area contributed by atoms with E-state index >= 15 is 0 Å². The summed E-state index contributed by atoms with van der Waals surface area (Å²) in [4.78, 5) is 10.9. The van der Waals surface area contributed by atoms with Crippen molar-refractivity contribution in [2.45, 2.75) is 19.4 Å². The molecule has 0 aliphatic carbocycles. The second-order valence-electron chi connectivity index (χ2n) is 3.35. The van der Waals surface area contributed by atoms with Crippen LogP contribution in [0, 0.1) is 0 Å². The second-order valence-corrected chi connectivity index (χ2v) is 3.73. The van der Waals surface area contributed by atoms with Crippen LogP contribution in [-0.4, -0.2) is 19.0 Å². The summed E-state index contributed by atoms with van der Waals surface area (Å²) in [6, 6.07) is 7.41. The van der Waals surface area contributed by atoms with Gasteiger partial charge in [0, 0.05) is 19.2 Å². The molecule has 0 saturated carbocycles. The van der Waals surface area contributed by atoms with Crippen molar-refractivity contribution in [2.24, 2.45) is 0 Å². The van der Waals surface area contributed by atoms with Crippen LogP contribution in [0.4, 0.5) is 0 Å². The molecule has 0 radical (unpaired) electrons. The summed E-state index contributed by atoms with van der Waals surface area (Å²) in [6.45, 7) is 1.39. The molecule has 0 unspecified atom stereocenters. The first-order valence-corrected chi connectivity index (χ1v) is 5.58. The maximum Gasteiger partial charge on any atom is 0.303 e. The summed E-state index contributed by atoms with van der Waals surface area (Å²) in [6.07, 6.45) is 0.328. The monoisotopic (exact) mass is 242 g/mol. The highest BCUT2D eigenvalue weighted by Gasteiger charge is 2.13. The molecule has 0 saturated heterocycles. The fraction of sp³-hybridized carbons (Fsp3) is 0.417. The van der Waals surface area contributed by atoms with E-state index in [1.54, 1.807) is 7.11 Å². The van der Waals surface area contributed by atoms with E-state index in [4.69, 9.17) is 21.1 Å². The third kappa shape index (κ3) is 3.74. The summed E-state index contributed by atoms with van der Waals surface area (Å²) >= 11 is 5.67. The number of carbonyl (C=O) groups is 1. The molecule has 0 spiro atoms. The van der Waals surface area contributed by atoms with Gasteiger partial charge in [-0.25, -0.2) is 0 Å². The van der Waals surface area contributed by atoms with Crippen LogP contribution in [0.5, 0.6) is 5.75 Å². The fourth-order valence-corrected chi connectivity index (χ4v) is 1.61. The Morgan fingerprint density at radius 2 is 2.00 bits per heavy atom. The van der Waals surface area contributed by atoms with Crippen LogP contribution in [0.2, 0.25) is 0 Å². The molecule has 0 fully saturated rings. The summed E-state index contributed by atoms with van der Waals surface area (Å²) in [5.41, 5.74) is 0.927. The van der Waals surface area contributed by atoms with Crippen molar-refractivity contribution in [3.05, 3.63) is 29.8 Å². The van der Waals surface area contributed by atoms with E-state index in [-0.39, 0.29) is 12.1 Å². The Kier molecular flexibility index (Phi) is 5.12. The second kappa shape index (κ2) is 6.38. The van der Waals surface area contributed by atoms with Gasteiger partial charge in [-0.15, -0.1) is 11.6 Å². The van der Waals surface area contributed by atoms with Crippen molar-refractivity contribution in [1.82, 2.24) is 0 Å². The minimum absolute atomic E-state index is 0.277. The molecule has 1 aromatic carbocycles. The van der Waals surface area contributed by atoms with Gasteiger partial charge in [0.15, 0.2) is 0 Å².